The molecule has 25 heavy (non-hydrogen) atoms. The van der Waals surface area contributed by atoms with E-state index in [1.54, 1.807) is 7.11 Å². The Morgan fingerprint density at radius 1 is 0.960 bits per heavy atom. The molecule has 1 heterocycles. The van der Waals surface area contributed by atoms with Gasteiger partial charge in [0.2, 0.25) is 11.8 Å². The zero-order valence-corrected chi connectivity index (χ0v) is 15.3. The Bertz CT molecular complexity index is 857. The van der Waals surface area contributed by atoms with Gasteiger partial charge in [-0.3, -0.25) is 0 Å². The maximum absolute atomic E-state index is 5.32. The van der Waals surface area contributed by atoms with Crippen molar-refractivity contribution in [3.05, 3.63) is 48.5 Å². The molecule has 5 nitrogen and oxygen atoms in total. The van der Waals surface area contributed by atoms with Crippen LogP contribution in [0.15, 0.2) is 48.5 Å². The first-order chi connectivity index (χ1) is 12.2. The lowest BCUT2D eigenvalue weighted by Crippen LogP contribution is -2.44. The van der Waals surface area contributed by atoms with E-state index in [1.807, 2.05) is 37.4 Å². The average Bonchev–Trinajstić information content (AvgIpc) is 2.69. The predicted molar refractivity (Wildman–Crippen MR) is 105 cm³/mol. The average molecular weight is 337 g/mol. The lowest BCUT2D eigenvalue weighted by molar-refractivity contribution is 0.405. The Hall–Kier alpha value is -2.66. The number of nitrogens with zero attached hydrogens (tertiary/aromatic N) is 3. The summed E-state index contributed by atoms with van der Waals surface area (Å²) in [4.78, 5) is 9.48. The highest BCUT2D eigenvalue weighted by molar-refractivity contribution is 5.91. The van der Waals surface area contributed by atoms with Crippen molar-refractivity contribution in [3.8, 4) is 5.75 Å². The van der Waals surface area contributed by atoms with E-state index >= 15 is 0 Å². The van der Waals surface area contributed by atoms with E-state index in [1.165, 1.54) is 5.69 Å². The smallest absolute Gasteiger partial charge is 0.245 e. The molecule has 0 unspecified atom stereocenters. The van der Waals surface area contributed by atoms with Crippen molar-refractivity contribution in [2.45, 2.75) is 13.8 Å². The van der Waals surface area contributed by atoms with E-state index in [9.17, 15) is 0 Å². The summed E-state index contributed by atoms with van der Waals surface area (Å²) in [5.74, 6) is 2.52. The van der Waals surface area contributed by atoms with Crippen molar-refractivity contribution in [2.24, 2.45) is 0 Å². The summed E-state index contributed by atoms with van der Waals surface area (Å²) in [5, 5.41) is 4.18. The lowest BCUT2D eigenvalue weighted by Gasteiger charge is -2.35. The largest absolute Gasteiger partial charge is 0.497 e. The van der Waals surface area contributed by atoms with Crippen LogP contribution in [0.2, 0.25) is 0 Å². The molecular formula is C20H25N4O+. The molecule has 0 fully saturated rings. The first-order valence-electron chi connectivity index (χ1n) is 8.65. The molecule has 1 aromatic heterocycles. The molecule has 2 aromatic carbocycles. The molecular weight excluding hydrogens is 312 g/mol. The lowest BCUT2D eigenvalue weighted by atomic mass is 10.1. The third-order valence-electron chi connectivity index (χ3n) is 4.86. The van der Waals surface area contributed by atoms with Gasteiger partial charge in [0.1, 0.15) is 11.4 Å². The maximum atomic E-state index is 5.32. The second kappa shape index (κ2) is 7.07. The first kappa shape index (κ1) is 17.2. The second-order valence-electron chi connectivity index (χ2n) is 5.94. The van der Waals surface area contributed by atoms with Gasteiger partial charge in [0.15, 0.2) is 0 Å². The molecule has 1 N–H and O–H groups in total. The van der Waals surface area contributed by atoms with Crippen LogP contribution in [0.5, 0.6) is 5.75 Å². The molecule has 0 spiro atoms. The van der Waals surface area contributed by atoms with Crippen molar-refractivity contribution in [1.29, 1.82) is 0 Å². The normalized spacial score (nSPS) is 11.5. The molecule has 3 aromatic rings. The fraction of sp³-hybridized carbons (Fsp3) is 0.300. The van der Waals surface area contributed by atoms with E-state index in [0.29, 0.717) is 10.4 Å². The van der Waals surface area contributed by atoms with E-state index in [-0.39, 0.29) is 0 Å². The number of aromatic nitrogens is 2. The number of para-hydroxylation sites is 1. The summed E-state index contributed by atoms with van der Waals surface area (Å²) >= 11 is 0. The van der Waals surface area contributed by atoms with Gasteiger partial charge in [0.05, 0.1) is 31.1 Å². The highest BCUT2D eigenvalue weighted by Gasteiger charge is 2.34. The fourth-order valence-corrected chi connectivity index (χ4v) is 3.38. The third kappa shape index (κ3) is 2.91. The minimum Gasteiger partial charge on any atom is -0.497 e. The Labute approximate surface area is 148 Å². The number of quaternary nitrogens is 1. The van der Waals surface area contributed by atoms with Crippen molar-refractivity contribution in [3.63, 3.8) is 0 Å². The molecule has 0 amide bonds. The van der Waals surface area contributed by atoms with Crippen LogP contribution in [0.25, 0.3) is 10.9 Å². The fourth-order valence-electron chi connectivity index (χ4n) is 3.38. The van der Waals surface area contributed by atoms with Gasteiger partial charge >= 0.3 is 0 Å². The van der Waals surface area contributed by atoms with E-state index in [2.05, 4.69) is 42.3 Å². The molecule has 0 aliphatic carbocycles. The highest BCUT2D eigenvalue weighted by atomic mass is 16.5. The number of nitrogens with one attached hydrogen (secondary N) is 1. The topological polar surface area (TPSA) is 47.0 Å². The molecule has 5 heteroatoms. The number of fused-ring (bicyclic) bond motifs is 1. The third-order valence-corrected chi connectivity index (χ3v) is 4.86. The van der Waals surface area contributed by atoms with Crippen molar-refractivity contribution in [1.82, 2.24) is 14.5 Å². The van der Waals surface area contributed by atoms with E-state index < -0.39 is 0 Å². The molecule has 0 saturated heterocycles. The van der Waals surface area contributed by atoms with Crippen LogP contribution in [0.3, 0.4) is 0 Å². The van der Waals surface area contributed by atoms with Gasteiger partial charge in [0, 0.05) is 19.2 Å². The Morgan fingerprint density at radius 3 is 2.24 bits per heavy atom. The van der Waals surface area contributed by atoms with Crippen molar-refractivity contribution < 1.29 is 4.74 Å². The highest BCUT2D eigenvalue weighted by Crippen LogP contribution is 2.38. The number of rotatable bonds is 6. The SMILES string of the molecule is CC[N+](CC)(c1ccc(OC)cc1)c1nc(NC)nc2ccccc12. The van der Waals surface area contributed by atoms with Crippen LogP contribution >= 0.6 is 0 Å². The zero-order chi connectivity index (χ0) is 17.9. The van der Waals surface area contributed by atoms with Crippen LogP contribution in [-0.4, -0.2) is 37.2 Å². The minimum absolute atomic E-state index is 0.645. The van der Waals surface area contributed by atoms with Crippen LogP contribution in [-0.2, 0) is 0 Å². The molecule has 0 bridgehead atoms. The number of ether oxygens (including phenoxy) is 1. The number of hydrogen-bond donors (Lipinski definition) is 1. The molecule has 0 radical (unpaired) electrons. The molecule has 130 valence electrons. The van der Waals surface area contributed by atoms with Crippen molar-refractivity contribution in [2.75, 3.05) is 32.6 Å². The molecule has 3 rings (SSSR count). The van der Waals surface area contributed by atoms with Gasteiger partial charge < -0.3 is 10.1 Å². The number of benzene rings is 2. The Morgan fingerprint density at radius 2 is 1.64 bits per heavy atom. The van der Waals surface area contributed by atoms with E-state index in [0.717, 1.165) is 35.6 Å². The van der Waals surface area contributed by atoms with Gasteiger partial charge in [-0.15, -0.1) is 0 Å². The standard InChI is InChI=1S/C20H25N4O/c1-5-24(6-2,15-11-13-16(25-4)14-12-15)19-17-9-7-8-10-18(17)22-20(21-3)23-19/h7-14H,5-6H2,1-4H3,(H,21,22,23)/q+1. The quantitative estimate of drug-likeness (QED) is 0.679. The van der Waals surface area contributed by atoms with E-state index in [4.69, 9.17) is 9.72 Å². The summed E-state index contributed by atoms with van der Waals surface area (Å²) in [6.45, 7) is 6.19. The monoisotopic (exact) mass is 337 g/mol. The Kier molecular flexibility index (Phi) is 4.86. The van der Waals surface area contributed by atoms with Gasteiger partial charge in [-0.2, -0.15) is 4.98 Å². The molecule has 0 aliphatic rings. The predicted octanol–water partition coefficient (Wildman–Crippen LogP) is 4.36. The minimum atomic E-state index is 0.645. The summed E-state index contributed by atoms with van der Waals surface area (Å²) < 4.78 is 5.97. The van der Waals surface area contributed by atoms with Crippen LogP contribution < -0.4 is 14.5 Å². The number of anilines is 1. The van der Waals surface area contributed by atoms with Gasteiger partial charge in [0.25, 0.3) is 0 Å². The summed E-state index contributed by atoms with van der Waals surface area (Å²) in [6.07, 6.45) is 0. The molecule has 0 atom stereocenters. The maximum Gasteiger partial charge on any atom is 0.245 e. The Balaban J connectivity index is 2.28. The first-order valence-corrected chi connectivity index (χ1v) is 8.65. The summed E-state index contributed by atoms with van der Waals surface area (Å²) in [5.41, 5.74) is 2.14. The van der Waals surface area contributed by atoms with Crippen LogP contribution in [0.4, 0.5) is 17.5 Å². The van der Waals surface area contributed by atoms with Gasteiger partial charge in [-0.25, -0.2) is 9.47 Å². The van der Waals surface area contributed by atoms with Gasteiger partial charge in [-0.1, -0.05) is 12.1 Å². The van der Waals surface area contributed by atoms with Crippen LogP contribution in [0, 0.1) is 0 Å². The number of hydrogen-bond acceptors (Lipinski definition) is 4. The van der Waals surface area contributed by atoms with Crippen molar-refractivity contribution >= 4 is 28.4 Å². The van der Waals surface area contributed by atoms with Gasteiger partial charge in [-0.05, 0) is 38.1 Å². The second-order valence-corrected chi connectivity index (χ2v) is 5.94. The zero-order valence-electron chi connectivity index (χ0n) is 15.3. The number of methoxy groups -OCH3 is 1. The van der Waals surface area contributed by atoms with Crippen LogP contribution in [0.1, 0.15) is 13.8 Å². The molecule has 0 aliphatic heterocycles. The summed E-state index contributed by atoms with van der Waals surface area (Å²) in [7, 11) is 3.54. The molecule has 0 saturated carbocycles. The summed E-state index contributed by atoms with van der Waals surface area (Å²) in [6, 6.07) is 16.5.